The molecule has 4 nitrogen and oxygen atoms in total. The molecule has 1 aliphatic rings. The molecule has 1 aliphatic carbocycles. The lowest BCUT2D eigenvalue weighted by atomic mass is 9.67. The van der Waals surface area contributed by atoms with Crippen LogP contribution in [0.2, 0.25) is 0 Å². The lowest BCUT2D eigenvalue weighted by molar-refractivity contribution is 0.642. The summed E-state index contributed by atoms with van der Waals surface area (Å²) in [6.07, 6.45) is 0. The van der Waals surface area contributed by atoms with Crippen LogP contribution in [0.4, 0.5) is 0 Å². The Morgan fingerprint density at radius 3 is 1.84 bits per heavy atom. The number of hydrogen-bond donors (Lipinski definition) is 0. The van der Waals surface area contributed by atoms with Crippen molar-refractivity contribution in [3.63, 3.8) is 0 Å². The molecule has 262 valence electrons. The Morgan fingerprint density at radius 2 is 1.05 bits per heavy atom. The Labute approximate surface area is 323 Å². The van der Waals surface area contributed by atoms with E-state index < -0.39 is 5.41 Å². The normalized spacial score (nSPS) is 13.1. The number of imidazole rings is 1. The third kappa shape index (κ3) is 4.21. The van der Waals surface area contributed by atoms with E-state index in [2.05, 4.69) is 197 Å². The molecule has 3 heterocycles. The van der Waals surface area contributed by atoms with Crippen LogP contribution in [-0.2, 0) is 5.41 Å². The van der Waals surface area contributed by atoms with Gasteiger partial charge in [0.05, 0.1) is 27.7 Å². The predicted octanol–water partition coefficient (Wildman–Crippen LogP) is 12.9. The molecule has 4 heteroatoms. The standard InChI is InChI=1S/C52H33N3O/c1-4-16-36(17-5-1)52(37-18-6-2-7-19-37)43-24-12-10-22-39(43)40-30-28-34(33-44(40)52)49-50(55-47-26-14-15-27-48(47)56-51(55)53-49)35-29-31-46-42(32-35)41-23-11-13-25-45(41)54(46)38-20-8-3-9-21-38/h1-33H. The third-order valence-electron chi connectivity index (χ3n) is 11.8. The van der Waals surface area contributed by atoms with E-state index in [0.717, 1.165) is 44.8 Å². The molecule has 0 fully saturated rings. The monoisotopic (exact) mass is 715 g/mol. The second kappa shape index (κ2) is 11.8. The number of fused-ring (bicyclic) bond motifs is 9. The summed E-state index contributed by atoms with van der Waals surface area (Å²) in [5.41, 5.74) is 16.2. The molecule has 0 spiro atoms. The van der Waals surface area contributed by atoms with Crippen LogP contribution in [0.25, 0.3) is 78.1 Å². The van der Waals surface area contributed by atoms with Crippen LogP contribution in [0.3, 0.4) is 0 Å². The molecule has 0 radical (unpaired) electrons. The quantitative estimate of drug-likeness (QED) is 0.178. The highest BCUT2D eigenvalue weighted by Crippen LogP contribution is 2.57. The van der Waals surface area contributed by atoms with E-state index in [9.17, 15) is 0 Å². The third-order valence-corrected chi connectivity index (χ3v) is 11.8. The predicted molar refractivity (Wildman–Crippen MR) is 227 cm³/mol. The average Bonchev–Trinajstić information content (AvgIpc) is 4.00. The van der Waals surface area contributed by atoms with Gasteiger partial charge in [-0.3, -0.25) is 4.40 Å². The molecule has 0 aliphatic heterocycles. The van der Waals surface area contributed by atoms with E-state index in [1.54, 1.807) is 0 Å². The fourth-order valence-electron chi connectivity index (χ4n) is 9.55. The molecule has 3 aromatic heterocycles. The fourth-order valence-corrected chi connectivity index (χ4v) is 9.55. The number of rotatable bonds is 5. The van der Waals surface area contributed by atoms with Crippen LogP contribution in [0.5, 0.6) is 0 Å². The van der Waals surface area contributed by atoms with E-state index in [4.69, 9.17) is 9.40 Å². The van der Waals surface area contributed by atoms with Gasteiger partial charge in [-0.05, 0) is 81.9 Å². The van der Waals surface area contributed by atoms with Crippen LogP contribution in [-0.4, -0.2) is 14.0 Å². The van der Waals surface area contributed by atoms with Gasteiger partial charge in [0.15, 0.2) is 5.58 Å². The number of aromatic nitrogens is 3. The molecule has 0 bridgehead atoms. The minimum atomic E-state index is -0.519. The average molecular weight is 716 g/mol. The highest BCUT2D eigenvalue weighted by atomic mass is 16.4. The van der Waals surface area contributed by atoms with Crippen molar-refractivity contribution >= 4 is 38.7 Å². The zero-order chi connectivity index (χ0) is 36.8. The first kappa shape index (κ1) is 31.0. The van der Waals surface area contributed by atoms with Crippen molar-refractivity contribution in [2.45, 2.75) is 5.41 Å². The summed E-state index contributed by atoms with van der Waals surface area (Å²) in [5.74, 6) is 0.573. The van der Waals surface area contributed by atoms with Gasteiger partial charge >= 0.3 is 5.84 Å². The molecule has 11 aromatic rings. The number of nitrogens with zero attached hydrogens (tertiary/aromatic N) is 3. The zero-order valence-electron chi connectivity index (χ0n) is 30.3. The van der Waals surface area contributed by atoms with E-state index in [1.807, 2.05) is 12.1 Å². The molecule has 0 unspecified atom stereocenters. The summed E-state index contributed by atoms with van der Waals surface area (Å²) in [6.45, 7) is 0. The van der Waals surface area contributed by atoms with Crippen LogP contribution in [0.15, 0.2) is 205 Å². The Hall–Kier alpha value is -7.43. The van der Waals surface area contributed by atoms with Crippen molar-refractivity contribution in [3.05, 3.63) is 222 Å². The van der Waals surface area contributed by atoms with Crippen molar-refractivity contribution in [1.29, 1.82) is 0 Å². The van der Waals surface area contributed by atoms with Crippen LogP contribution >= 0.6 is 0 Å². The summed E-state index contributed by atoms with van der Waals surface area (Å²) < 4.78 is 11.1. The maximum absolute atomic E-state index is 6.51. The van der Waals surface area contributed by atoms with Gasteiger partial charge in [-0.25, -0.2) is 0 Å². The van der Waals surface area contributed by atoms with Crippen LogP contribution < -0.4 is 0 Å². The number of para-hydroxylation sites is 4. The first-order valence-electron chi connectivity index (χ1n) is 19.1. The van der Waals surface area contributed by atoms with Gasteiger partial charge in [0.2, 0.25) is 0 Å². The second-order valence-electron chi connectivity index (χ2n) is 14.7. The minimum Gasteiger partial charge on any atom is -0.423 e. The number of hydrogen-bond acceptors (Lipinski definition) is 2. The summed E-state index contributed by atoms with van der Waals surface area (Å²) in [5, 5.41) is 2.39. The fraction of sp³-hybridized carbons (Fsp3) is 0.0192. The SMILES string of the molecule is c1ccc(-n2c3ccccc3c3cc(-c4c(-c5ccc6c(c5)C(c5ccccc5)(c5ccccc5)c5ccccc5-6)nc5oc6ccccc6n45)ccc32)cc1. The molecule has 0 amide bonds. The first-order valence-corrected chi connectivity index (χ1v) is 19.1. The maximum Gasteiger partial charge on any atom is 0.307 e. The molecule has 0 saturated carbocycles. The Bertz CT molecular complexity index is 3260. The van der Waals surface area contributed by atoms with E-state index in [-0.39, 0.29) is 0 Å². The second-order valence-corrected chi connectivity index (χ2v) is 14.7. The summed E-state index contributed by atoms with van der Waals surface area (Å²) in [6, 6.07) is 72.1. The highest BCUT2D eigenvalue weighted by Gasteiger charge is 2.46. The summed E-state index contributed by atoms with van der Waals surface area (Å²) >= 11 is 0. The molecule has 12 rings (SSSR count). The minimum absolute atomic E-state index is 0.519. The van der Waals surface area contributed by atoms with Crippen molar-refractivity contribution in [3.8, 4) is 39.3 Å². The van der Waals surface area contributed by atoms with E-state index in [0.29, 0.717) is 5.84 Å². The van der Waals surface area contributed by atoms with Gasteiger partial charge in [0, 0.05) is 27.6 Å². The van der Waals surface area contributed by atoms with Gasteiger partial charge in [-0.2, -0.15) is 4.98 Å². The Morgan fingerprint density at radius 1 is 0.446 bits per heavy atom. The van der Waals surface area contributed by atoms with Crippen molar-refractivity contribution < 1.29 is 4.42 Å². The van der Waals surface area contributed by atoms with Gasteiger partial charge in [-0.15, -0.1) is 0 Å². The van der Waals surface area contributed by atoms with Gasteiger partial charge in [0.1, 0.15) is 5.69 Å². The Kier molecular flexibility index (Phi) is 6.52. The largest absolute Gasteiger partial charge is 0.423 e. The number of oxazole rings is 1. The van der Waals surface area contributed by atoms with Crippen molar-refractivity contribution in [2.24, 2.45) is 0 Å². The van der Waals surface area contributed by atoms with Crippen LogP contribution in [0.1, 0.15) is 22.3 Å². The van der Waals surface area contributed by atoms with Crippen LogP contribution in [0, 0.1) is 0 Å². The molecular weight excluding hydrogens is 683 g/mol. The number of benzene rings is 8. The van der Waals surface area contributed by atoms with Gasteiger partial charge < -0.3 is 8.98 Å². The molecule has 56 heavy (non-hydrogen) atoms. The molecular formula is C52H33N3O. The van der Waals surface area contributed by atoms with Gasteiger partial charge in [-0.1, -0.05) is 152 Å². The van der Waals surface area contributed by atoms with E-state index in [1.165, 1.54) is 49.7 Å². The lowest BCUT2D eigenvalue weighted by Crippen LogP contribution is -2.28. The van der Waals surface area contributed by atoms with Crippen molar-refractivity contribution in [2.75, 3.05) is 0 Å². The molecule has 8 aromatic carbocycles. The van der Waals surface area contributed by atoms with Crippen molar-refractivity contribution in [1.82, 2.24) is 14.0 Å². The Balaban J connectivity index is 1.15. The highest BCUT2D eigenvalue weighted by molar-refractivity contribution is 6.11. The summed E-state index contributed by atoms with van der Waals surface area (Å²) in [4.78, 5) is 5.35. The molecule has 0 atom stereocenters. The molecule has 0 N–H and O–H groups in total. The topological polar surface area (TPSA) is 35.4 Å². The smallest absolute Gasteiger partial charge is 0.307 e. The zero-order valence-corrected chi connectivity index (χ0v) is 30.3. The van der Waals surface area contributed by atoms with Gasteiger partial charge in [0.25, 0.3) is 0 Å². The maximum atomic E-state index is 6.51. The molecule has 0 saturated heterocycles. The summed E-state index contributed by atoms with van der Waals surface area (Å²) in [7, 11) is 0. The first-order chi connectivity index (χ1) is 27.8. The van der Waals surface area contributed by atoms with E-state index >= 15 is 0 Å². The lowest BCUT2D eigenvalue weighted by Gasteiger charge is -2.34.